The van der Waals surface area contributed by atoms with E-state index in [4.69, 9.17) is 14.2 Å². The number of Topliss-reactive ketones (excluding diaryl/α,β-unsaturated/α-hetero) is 3. The van der Waals surface area contributed by atoms with Crippen molar-refractivity contribution in [1.29, 1.82) is 0 Å². The van der Waals surface area contributed by atoms with Crippen LogP contribution in [0.1, 0.15) is 51.5 Å². The number of hydrogen-bond acceptors (Lipinski definition) is 6. The van der Waals surface area contributed by atoms with Crippen molar-refractivity contribution in [2.75, 3.05) is 14.2 Å². The van der Waals surface area contributed by atoms with E-state index in [1.807, 2.05) is 0 Å². The summed E-state index contributed by atoms with van der Waals surface area (Å²) in [5.74, 6) is 0.132. The monoisotopic (exact) mass is 416 g/mol. The molecule has 31 heavy (non-hydrogen) atoms. The number of fused-ring (bicyclic) bond motifs is 1. The Morgan fingerprint density at radius 2 is 1.55 bits per heavy atom. The highest BCUT2D eigenvalue weighted by Gasteiger charge is 2.46. The summed E-state index contributed by atoms with van der Waals surface area (Å²) >= 11 is 0. The summed E-state index contributed by atoms with van der Waals surface area (Å²) < 4.78 is 16.8. The van der Waals surface area contributed by atoms with Gasteiger partial charge in [0.1, 0.15) is 5.76 Å². The minimum Gasteiger partial charge on any atom is -0.493 e. The zero-order valence-electron chi connectivity index (χ0n) is 17.2. The minimum absolute atomic E-state index is 0.0249. The third-order valence-electron chi connectivity index (χ3n) is 6.06. The molecule has 0 N–H and O–H groups in total. The van der Waals surface area contributed by atoms with E-state index in [-0.39, 0.29) is 28.7 Å². The van der Waals surface area contributed by atoms with Crippen LogP contribution in [-0.4, -0.2) is 31.6 Å². The molecule has 0 saturated carbocycles. The van der Waals surface area contributed by atoms with Crippen LogP contribution in [0, 0.1) is 0 Å². The maximum Gasteiger partial charge on any atom is 0.229 e. The maximum absolute atomic E-state index is 13.6. The molecule has 6 heteroatoms. The molecular weight excluding hydrogens is 396 g/mol. The number of carbonyl (C=O) groups excluding carboxylic acids is 3. The van der Waals surface area contributed by atoms with E-state index in [1.54, 1.807) is 42.5 Å². The summed E-state index contributed by atoms with van der Waals surface area (Å²) in [6.07, 6.45) is 1.58. The molecule has 156 valence electrons. The van der Waals surface area contributed by atoms with E-state index >= 15 is 0 Å². The van der Waals surface area contributed by atoms with Crippen molar-refractivity contribution in [3.63, 3.8) is 0 Å². The molecule has 0 fully saturated rings. The predicted octanol–water partition coefficient (Wildman–Crippen LogP) is 4.16. The maximum atomic E-state index is 13.6. The van der Waals surface area contributed by atoms with Gasteiger partial charge in [0.2, 0.25) is 5.78 Å². The number of rotatable bonds is 3. The predicted molar refractivity (Wildman–Crippen MR) is 111 cm³/mol. The summed E-state index contributed by atoms with van der Waals surface area (Å²) in [6, 6.07) is 12.0. The lowest BCUT2D eigenvalue weighted by Gasteiger charge is -2.35. The Bertz CT molecular complexity index is 1220. The number of hydrogen-bond donors (Lipinski definition) is 0. The molecule has 1 unspecified atom stereocenters. The first-order chi connectivity index (χ1) is 15.0. The van der Waals surface area contributed by atoms with Gasteiger partial charge in [0, 0.05) is 35.5 Å². The number of ether oxygens (including phenoxy) is 3. The van der Waals surface area contributed by atoms with Gasteiger partial charge in [0.05, 0.1) is 19.8 Å². The van der Waals surface area contributed by atoms with Gasteiger partial charge in [0.15, 0.2) is 28.8 Å². The molecule has 0 aromatic heterocycles. The standard InChI is InChI=1S/C25H20O6/c1-29-17-11-10-13(12-19(17)30-2)20-21-16(26)8-5-9-18(21)31-25-22(20)23(27)14-6-3-4-7-15(14)24(25)28/h3-4,6-7,10-12,20H,5,8-9H2,1-2H3. The first-order valence-electron chi connectivity index (χ1n) is 10.1. The molecule has 2 aromatic rings. The lowest BCUT2D eigenvalue weighted by atomic mass is 9.71. The van der Waals surface area contributed by atoms with Crippen molar-refractivity contribution in [2.45, 2.75) is 25.2 Å². The summed E-state index contributed by atoms with van der Waals surface area (Å²) in [4.78, 5) is 39.8. The van der Waals surface area contributed by atoms with Crippen molar-refractivity contribution < 1.29 is 28.6 Å². The van der Waals surface area contributed by atoms with Gasteiger partial charge in [-0.1, -0.05) is 30.3 Å². The smallest absolute Gasteiger partial charge is 0.229 e. The first kappa shape index (κ1) is 19.3. The highest BCUT2D eigenvalue weighted by atomic mass is 16.5. The zero-order chi connectivity index (χ0) is 21.7. The fourth-order valence-corrected chi connectivity index (χ4v) is 4.63. The zero-order valence-corrected chi connectivity index (χ0v) is 17.2. The quantitative estimate of drug-likeness (QED) is 0.748. The Balaban J connectivity index is 1.76. The van der Waals surface area contributed by atoms with Crippen molar-refractivity contribution in [2.24, 2.45) is 0 Å². The highest BCUT2D eigenvalue weighted by molar-refractivity contribution is 6.27. The molecule has 1 atom stereocenters. The second-order valence-electron chi connectivity index (χ2n) is 7.71. The van der Waals surface area contributed by atoms with Crippen LogP contribution < -0.4 is 9.47 Å². The Hall–Kier alpha value is -3.67. The first-order valence-corrected chi connectivity index (χ1v) is 10.1. The van der Waals surface area contributed by atoms with E-state index in [2.05, 4.69) is 0 Å². The topological polar surface area (TPSA) is 78.9 Å². The lowest BCUT2D eigenvalue weighted by Crippen LogP contribution is -2.34. The van der Waals surface area contributed by atoms with Gasteiger partial charge in [0.25, 0.3) is 0 Å². The van der Waals surface area contributed by atoms with Crippen LogP contribution in [0.15, 0.2) is 65.1 Å². The highest BCUT2D eigenvalue weighted by Crippen LogP contribution is 2.49. The molecule has 5 rings (SSSR count). The van der Waals surface area contributed by atoms with Crippen LogP contribution in [0.25, 0.3) is 0 Å². The van der Waals surface area contributed by atoms with Crippen LogP contribution >= 0.6 is 0 Å². The third-order valence-corrected chi connectivity index (χ3v) is 6.06. The van der Waals surface area contributed by atoms with E-state index in [1.165, 1.54) is 14.2 Å². The Labute approximate surface area is 179 Å². The fourth-order valence-electron chi connectivity index (χ4n) is 4.63. The molecule has 0 radical (unpaired) electrons. The molecule has 1 aliphatic heterocycles. The molecule has 3 aliphatic rings. The van der Waals surface area contributed by atoms with Gasteiger partial charge in [-0.25, -0.2) is 0 Å². The fraction of sp³-hybridized carbons (Fsp3) is 0.240. The molecule has 1 heterocycles. The van der Waals surface area contributed by atoms with Crippen LogP contribution in [-0.2, 0) is 9.53 Å². The molecule has 2 aromatic carbocycles. The van der Waals surface area contributed by atoms with E-state index in [0.717, 1.165) is 0 Å². The number of benzene rings is 2. The summed E-state index contributed by atoms with van der Waals surface area (Å²) in [5, 5.41) is 0. The van der Waals surface area contributed by atoms with Gasteiger partial charge >= 0.3 is 0 Å². The summed E-state index contributed by atoms with van der Waals surface area (Å²) in [6.45, 7) is 0. The second kappa shape index (κ2) is 7.23. The summed E-state index contributed by atoms with van der Waals surface area (Å²) in [7, 11) is 3.07. The van der Waals surface area contributed by atoms with E-state index in [9.17, 15) is 14.4 Å². The molecule has 0 spiro atoms. The Morgan fingerprint density at radius 1 is 0.839 bits per heavy atom. The lowest BCUT2D eigenvalue weighted by molar-refractivity contribution is -0.116. The normalized spacial score (nSPS) is 20.1. The Morgan fingerprint density at radius 3 is 2.26 bits per heavy atom. The average Bonchev–Trinajstić information content (AvgIpc) is 2.81. The summed E-state index contributed by atoms with van der Waals surface area (Å²) in [5.41, 5.74) is 2.00. The van der Waals surface area contributed by atoms with Crippen LogP contribution in [0.4, 0.5) is 0 Å². The van der Waals surface area contributed by atoms with Crippen molar-refractivity contribution >= 4 is 17.3 Å². The molecule has 0 amide bonds. The second-order valence-corrected chi connectivity index (χ2v) is 7.71. The number of carbonyl (C=O) groups is 3. The minimum atomic E-state index is -0.698. The van der Waals surface area contributed by atoms with Crippen LogP contribution in [0.3, 0.4) is 0 Å². The number of methoxy groups -OCH3 is 2. The van der Waals surface area contributed by atoms with Gasteiger partial charge in [-0.15, -0.1) is 0 Å². The third kappa shape index (κ3) is 2.82. The van der Waals surface area contributed by atoms with Gasteiger partial charge in [-0.2, -0.15) is 0 Å². The average molecular weight is 416 g/mol. The molecule has 0 bridgehead atoms. The molecular formula is C25H20O6. The van der Waals surface area contributed by atoms with Crippen molar-refractivity contribution in [1.82, 2.24) is 0 Å². The van der Waals surface area contributed by atoms with Crippen LogP contribution in [0.5, 0.6) is 11.5 Å². The van der Waals surface area contributed by atoms with Gasteiger partial charge in [-0.05, 0) is 24.1 Å². The molecule has 0 saturated heterocycles. The van der Waals surface area contributed by atoms with E-state index < -0.39 is 5.92 Å². The van der Waals surface area contributed by atoms with Gasteiger partial charge in [-0.3, -0.25) is 14.4 Å². The number of ketones is 3. The number of allylic oxidation sites excluding steroid dienone is 4. The van der Waals surface area contributed by atoms with Crippen molar-refractivity contribution in [3.05, 3.63) is 81.8 Å². The SMILES string of the molecule is COc1ccc(C2C3=C(CCCC3=O)OC3=C2C(=O)c2ccccc2C3=O)cc1OC. The Kier molecular flexibility index (Phi) is 4.50. The van der Waals surface area contributed by atoms with Gasteiger partial charge < -0.3 is 14.2 Å². The molecule has 6 nitrogen and oxygen atoms in total. The van der Waals surface area contributed by atoms with E-state index in [0.29, 0.717) is 58.8 Å². The molecule has 2 aliphatic carbocycles. The van der Waals surface area contributed by atoms with Crippen LogP contribution in [0.2, 0.25) is 0 Å². The van der Waals surface area contributed by atoms with Crippen molar-refractivity contribution in [3.8, 4) is 11.5 Å². The largest absolute Gasteiger partial charge is 0.493 e.